The molecule has 1 atom stereocenters. The number of ketones is 1. The van der Waals surface area contributed by atoms with E-state index in [0.29, 0.717) is 9.90 Å². The van der Waals surface area contributed by atoms with Gasteiger partial charge in [-0.15, -0.1) is 11.3 Å². The first-order valence-corrected chi connectivity index (χ1v) is 7.11. The molecule has 92 valence electrons. The predicted molar refractivity (Wildman–Crippen MR) is 74.5 cm³/mol. The molecule has 3 rings (SSSR count). The first-order valence-electron chi connectivity index (χ1n) is 5.86. The van der Waals surface area contributed by atoms with Crippen LogP contribution in [0.3, 0.4) is 0 Å². The van der Waals surface area contributed by atoms with Crippen molar-refractivity contribution in [3.05, 3.63) is 56.7 Å². The number of benzene rings is 1. The minimum Gasteiger partial charge on any atom is -0.303 e. The topological polar surface area (TPSA) is 29.1 Å². The molecule has 2 nitrogen and oxygen atoms in total. The summed E-state index contributed by atoms with van der Waals surface area (Å²) in [6.07, 6.45) is 0.970. The molecule has 1 aromatic carbocycles. The SMILES string of the molecule is O=C(c1sccc1Cl)C1NCCc2ccccc21. The lowest BCUT2D eigenvalue weighted by Gasteiger charge is -2.25. The maximum Gasteiger partial charge on any atom is 0.195 e. The Morgan fingerprint density at radius 1 is 1.33 bits per heavy atom. The predicted octanol–water partition coefficient (Wildman–Crippen LogP) is 3.47. The van der Waals surface area contributed by atoms with Gasteiger partial charge in [0.2, 0.25) is 0 Å². The van der Waals surface area contributed by atoms with Gasteiger partial charge in [-0.1, -0.05) is 35.9 Å². The van der Waals surface area contributed by atoms with Gasteiger partial charge < -0.3 is 5.32 Å². The fourth-order valence-corrected chi connectivity index (χ4v) is 3.46. The summed E-state index contributed by atoms with van der Waals surface area (Å²) >= 11 is 7.45. The van der Waals surface area contributed by atoms with Crippen molar-refractivity contribution >= 4 is 28.7 Å². The van der Waals surface area contributed by atoms with E-state index < -0.39 is 0 Å². The molecule has 0 fully saturated rings. The van der Waals surface area contributed by atoms with Crippen LogP contribution in [-0.4, -0.2) is 12.3 Å². The van der Waals surface area contributed by atoms with Crippen molar-refractivity contribution in [3.63, 3.8) is 0 Å². The first-order chi connectivity index (χ1) is 8.77. The van der Waals surface area contributed by atoms with Crippen LogP contribution >= 0.6 is 22.9 Å². The lowest BCUT2D eigenvalue weighted by molar-refractivity contribution is 0.0944. The Balaban J connectivity index is 2.00. The molecule has 1 aromatic heterocycles. The number of hydrogen-bond acceptors (Lipinski definition) is 3. The third-order valence-corrected chi connectivity index (χ3v) is 4.57. The minimum atomic E-state index is -0.258. The molecule has 0 spiro atoms. The first kappa shape index (κ1) is 11.9. The van der Waals surface area contributed by atoms with Crippen LogP contribution in [0.2, 0.25) is 5.02 Å². The average Bonchev–Trinajstić information content (AvgIpc) is 2.83. The van der Waals surface area contributed by atoms with E-state index in [1.165, 1.54) is 16.9 Å². The molecule has 18 heavy (non-hydrogen) atoms. The van der Waals surface area contributed by atoms with Crippen LogP contribution in [0.5, 0.6) is 0 Å². The number of Topliss-reactive ketones (excluding diaryl/α,β-unsaturated/α-hetero) is 1. The van der Waals surface area contributed by atoms with Crippen LogP contribution in [0.25, 0.3) is 0 Å². The van der Waals surface area contributed by atoms with E-state index in [9.17, 15) is 4.79 Å². The van der Waals surface area contributed by atoms with Gasteiger partial charge in [-0.2, -0.15) is 0 Å². The quantitative estimate of drug-likeness (QED) is 0.852. The molecule has 2 aromatic rings. The highest BCUT2D eigenvalue weighted by atomic mass is 35.5. The molecule has 0 amide bonds. The number of fused-ring (bicyclic) bond motifs is 1. The van der Waals surface area contributed by atoms with E-state index in [1.54, 1.807) is 6.07 Å². The summed E-state index contributed by atoms with van der Waals surface area (Å²) in [6.45, 7) is 0.830. The molecule has 1 aliphatic rings. The molecular formula is C14H12ClNOS. The summed E-state index contributed by atoms with van der Waals surface area (Å²) in [5.41, 5.74) is 2.33. The van der Waals surface area contributed by atoms with E-state index in [2.05, 4.69) is 11.4 Å². The van der Waals surface area contributed by atoms with E-state index in [-0.39, 0.29) is 11.8 Å². The maximum absolute atomic E-state index is 12.5. The fraction of sp³-hybridized carbons (Fsp3) is 0.214. The maximum atomic E-state index is 12.5. The summed E-state index contributed by atoms with van der Waals surface area (Å²) < 4.78 is 0. The number of carbonyl (C=O) groups excluding carboxylic acids is 1. The van der Waals surface area contributed by atoms with Crippen molar-refractivity contribution in [2.75, 3.05) is 6.54 Å². The second-order valence-electron chi connectivity index (χ2n) is 4.30. The highest BCUT2D eigenvalue weighted by Crippen LogP contribution is 2.30. The van der Waals surface area contributed by atoms with Gasteiger partial charge >= 0.3 is 0 Å². The zero-order valence-electron chi connectivity index (χ0n) is 9.65. The lowest BCUT2D eigenvalue weighted by atomic mass is 9.91. The van der Waals surface area contributed by atoms with Crippen LogP contribution in [0.4, 0.5) is 0 Å². The Morgan fingerprint density at radius 2 is 2.17 bits per heavy atom. The molecule has 1 unspecified atom stereocenters. The van der Waals surface area contributed by atoms with Gasteiger partial charge in [-0.3, -0.25) is 4.79 Å². The third kappa shape index (κ3) is 1.99. The Kier molecular flexibility index (Phi) is 3.20. The second-order valence-corrected chi connectivity index (χ2v) is 5.62. The van der Waals surface area contributed by atoms with Gasteiger partial charge in [0.25, 0.3) is 0 Å². The zero-order chi connectivity index (χ0) is 12.5. The van der Waals surface area contributed by atoms with E-state index in [0.717, 1.165) is 18.5 Å². The van der Waals surface area contributed by atoms with E-state index in [4.69, 9.17) is 11.6 Å². The van der Waals surface area contributed by atoms with Crippen molar-refractivity contribution in [3.8, 4) is 0 Å². The summed E-state index contributed by atoms with van der Waals surface area (Å²) in [5, 5.41) is 5.69. The molecule has 0 saturated heterocycles. The molecular weight excluding hydrogens is 266 g/mol. The number of hydrogen-bond donors (Lipinski definition) is 1. The third-order valence-electron chi connectivity index (χ3n) is 3.21. The zero-order valence-corrected chi connectivity index (χ0v) is 11.2. The number of thiophene rings is 1. The monoisotopic (exact) mass is 277 g/mol. The molecule has 1 N–H and O–H groups in total. The fourth-order valence-electron chi connectivity index (χ4n) is 2.34. The van der Waals surface area contributed by atoms with Crippen molar-refractivity contribution in [1.82, 2.24) is 5.32 Å². The van der Waals surface area contributed by atoms with Gasteiger partial charge in [0.05, 0.1) is 15.9 Å². The molecule has 4 heteroatoms. The Morgan fingerprint density at radius 3 is 2.94 bits per heavy atom. The van der Waals surface area contributed by atoms with Gasteiger partial charge in [0.1, 0.15) is 0 Å². The molecule has 0 bridgehead atoms. The lowest BCUT2D eigenvalue weighted by Crippen LogP contribution is -2.34. The standard InChI is InChI=1S/C14H12ClNOS/c15-11-6-8-18-14(11)13(17)12-10-4-2-1-3-9(10)5-7-16-12/h1-4,6,8,12,16H,5,7H2. The van der Waals surface area contributed by atoms with E-state index in [1.807, 2.05) is 23.6 Å². The normalized spacial score (nSPS) is 18.4. The largest absolute Gasteiger partial charge is 0.303 e. The van der Waals surface area contributed by atoms with Gasteiger partial charge in [-0.25, -0.2) is 0 Å². The highest BCUT2D eigenvalue weighted by molar-refractivity contribution is 7.12. The van der Waals surface area contributed by atoms with Crippen LogP contribution in [0.1, 0.15) is 26.8 Å². The Hall–Kier alpha value is -1.16. The molecule has 0 radical (unpaired) electrons. The number of nitrogens with one attached hydrogen (secondary N) is 1. The van der Waals surface area contributed by atoms with Crippen LogP contribution in [0.15, 0.2) is 35.7 Å². The van der Waals surface area contributed by atoms with Crippen LogP contribution in [0, 0.1) is 0 Å². The molecule has 0 saturated carbocycles. The molecule has 1 aliphatic heterocycles. The Bertz CT molecular complexity index is 593. The average molecular weight is 278 g/mol. The van der Waals surface area contributed by atoms with Crippen LogP contribution in [-0.2, 0) is 6.42 Å². The smallest absolute Gasteiger partial charge is 0.195 e. The Labute approximate surface area is 115 Å². The highest BCUT2D eigenvalue weighted by Gasteiger charge is 2.28. The minimum absolute atomic E-state index is 0.0714. The van der Waals surface area contributed by atoms with Crippen molar-refractivity contribution in [2.45, 2.75) is 12.5 Å². The number of halogens is 1. The molecule has 0 aliphatic carbocycles. The summed E-state index contributed by atoms with van der Waals surface area (Å²) in [5.74, 6) is 0.0714. The molecule has 2 heterocycles. The van der Waals surface area contributed by atoms with Crippen molar-refractivity contribution in [1.29, 1.82) is 0 Å². The summed E-state index contributed by atoms with van der Waals surface area (Å²) in [6, 6.07) is 9.61. The van der Waals surface area contributed by atoms with Gasteiger partial charge in [-0.05, 0) is 29.0 Å². The number of rotatable bonds is 2. The number of carbonyl (C=O) groups is 1. The van der Waals surface area contributed by atoms with Crippen LogP contribution < -0.4 is 5.32 Å². The van der Waals surface area contributed by atoms with E-state index >= 15 is 0 Å². The van der Waals surface area contributed by atoms with Gasteiger partial charge in [0, 0.05) is 6.54 Å². The summed E-state index contributed by atoms with van der Waals surface area (Å²) in [7, 11) is 0. The van der Waals surface area contributed by atoms with Crippen molar-refractivity contribution < 1.29 is 4.79 Å². The van der Waals surface area contributed by atoms with Gasteiger partial charge in [0.15, 0.2) is 5.78 Å². The second kappa shape index (κ2) is 4.84. The summed E-state index contributed by atoms with van der Waals surface area (Å²) in [4.78, 5) is 13.2. The van der Waals surface area contributed by atoms with Crippen molar-refractivity contribution in [2.24, 2.45) is 0 Å².